The van der Waals surface area contributed by atoms with Gasteiger partial charge in [0.05, 0.1) is 20.3 Å². The molecule has 2 saturated heterocycles. The molecule has 0 unspecified atom stereocenters. The topological polar surface area (TPSA) is 67.8 Å². The van der Waals surface area contributed by atoms with Gasteiger partial charge in [-0.1, -0.05) is 0 Å². The van der Waals surface area contributed by atoms with Crippen LogP contribution in [0.3, 0.4) is 0 Å². The van der Waals surface area contributed by atoms with E-state index in [4.69, 9.17) is 9.47 Å². The summed E-state index contributed by atoms with van der Waals surface area (Å²) < 4.78 is 10.4. The third-order valence-electron chi connectivity index (χ3n) is 4.54. The van der Waals surface area contributed by atoms with Crippen LogP contribution in [0.15, 0.2) is 6.07 Å². The van der Waals surface area contributed by atoms with Gasteiger partial charge in [0.25, 0.3) is 0 Å². The highest BCUT2D eigenvalue weighted by molar-refractivity contribution is 7.99. The Kier molecular flexibility index (Phi) is 5.65. The van der Waals surface area contributed by atoms with E-state index in [1.165, 1.54) is 0 Å². The lowest BCUT2D eigenvalue weighted by Crippen LogP contribution is -2.45. The third-order valence-corrected chi connectivity index (χ3v) is 5.48. The average Bonchev–Trinajstić information content (AvgIpc) is 2.67. The largest absolute Gasteiger partial charge is 0.481 e. The smallest absolute Gasteiger partial charge is 0.231 e. The number of rotatable bonds is 4. The molecule has 3 heterocycles. The van der Waals surface area contributed by atoms with Crippen LogP contribution in [0.2, 0.25) is 0 Å². The summed E-state index contributed by atoms with van der Waals surface area (Å²) in [6, 6.07) is 1.66. The number of thioether (sulfide) groups is 1. The van der Waals surface area contributed by atoms with Gasteiger partial charge in [-0.25, -0.2) is 0 Å². The molecule has 24 heavy (non-hydrogen) atoms. The van der Waals surface area contributed by atoms with Crippen molar-refractivity contribution < 1.29 is 14.3 Å². The highest BCUT2D eigenvalue weighted by Gasteiger charge is 2.30. The van der Waals surface area contributed by atoms with E-state index >= 15 is 0 Å². The quantitative estimate of drug-likeness (QED) is 0.809. The molecule has 1 aromatic rings. The molecular weight excluding hydrogens is 328 g/mol. The van der Waals surface area contributed by atoms with E-state index < -0.39 is 0 Å². The van der Waals surface area contributed by atoms with Crippen LogP contribution in [-0.4, -0.2) is 72.7 Å². The van der Waals surface area contributed by atoms with Gasteiger partial charge in [0.2, 0.25) is 23.6 Å². The summed E-state index contributed by atoms with van der Waals surface area (Å²) in [5.41, 5.74) is 0. The molecular formula is C16H24N4O3S. The Bertz CT molecular complexity index is 550. The van der Waals surface area contributed by atoms with E-state index in [0.717, 1.165) is 50.5 Å². The SMILES string of the molecule is COc1cc(OC)nc(N2CCC(C(=O)N3CCSCC3)CC2)n1. The fraction of sp³-hybridized carbons (Fsp3) is 0.688. The first kappa shape index (κ1) is 17.1. The number of piperidine rings is 1. The molecule has 8 heteroatoms. The van der Waals surface area contributed by atoms with Crippen molar-refractivity contribution in [3.05, 3.63) is 6.07 Å². The van der Waals surface area contributed by atoms with Crippen molar-refractivity contribution in [3.8, 4) is 11.8 Å². The number of carbonyl (C=O) groups excluding carboxylic acids is 1. The zero-order valence-corrected chi connectivity index (χ0v) is 15.0. The van der Waals surface area contributed by atoms with Gasteiger partial charge < -0.3 is 19.3 Å². The summed E-state index contributed by atoms with van der Waals surface area (Å²) in [6.45, 7) is 3.32. The van der Waals surface area contributed by atoms with E-state index in [1.807, 2.05) is 16.7 Å². The minimum absolute atomic E-state index is 0.122. The molecule has 2 aliphatic heterocycles. The lowest BCUT2D eigenvalue weighted by Gasteiger charge is -2.35. The summed E-state index contributed by atoms with van der Waals surface area (Å²) in [5.74, 6) is 4.13. The molecule has 2 aliphatic rings. The summed E-state index contributed by atoms with van der Waals surface area (Å²) >= 11 is 1.92. The first-order valence-corrected chi connectivity index (χ1v) is 9.45. The minimum Gasteiger partial charge on any atom is -0.481 e. The number of anilines is 1. The Morgan fingerprint density at radius 1 is 1.08 bits per heavy atom. The highest BCUT2D eigenvalue weighted by Crippen LogP contribution is 2.26. The van der Waals surface area contributed by atoms with Crippen LogP contribution in [-0.2, 0) is 4.79 Å². The monoisotopic (exact) mass is 352 g/mol. The Balaban J connectivity index is 1.61. The van der Waals surface area contributed by atoms with Crippen LogP contribution in [0, 0.1) is 5.92 Å². The number of aromatic nitrogens is 2. The standard InChI is InChI=1S/C16H24N4O3S/c1-22-13-11-14(23-2)18-16(17-13)20-5-3-12(4-6-20)15(21)19-7-9-24-10-8-19/h11-12H,3-10H2,1-2H3. The predicted octanol–water partition coefficient (Wildman–Crippen LogP) is 1.29. The predicted molar refractivity (Wildman–Crippen MR) is 94.0 cm³/mol. The molecule has 7 nitrogen and oxygen atoms in total. The maximum atomic E-state index is 12.6. The Hall–Kier alpha value is -1.70. The lowest BCUT2D eigenvalue weighted by atomic mass is 9.95. The second-order valence-corrected chi connectivity index (χ2v) is 7.18. The molecule has 0 N–H and O–H groups in total. The van der Waals surface area contributed by atoms with Gasteiger partial charge in [-0.05, 0) is 12.8 Å². The second kappa shape index (κ2) is 7.92. The molecule has 0 radical (unpaired) electrons. The van der Waals surface area contributed by atoms with Crippen molar-refractivity contribution in [2.45, 2.75) is 12.8 Å². The molecule has 0 spiro atoms. The number of hydrogen-bond acceptors (Lipinski definition) is 7. The first-order chi connectivity index (χ1) is 11.7. The first-order valence-electron chi connectivity index (χ1n) is 8.30. The number of amides is 1. The highest BCUT2D eigenvalue weighted by atomic mass is 32.2. The van der Waals surface area contributed by atoms with E-state index in [2.05, 4.69) is 14.9 Å². The number of ether oxygens (including phenoxy) is 2. The molecule has 0 saturated carbocycles. The summed E-state index contributed by atoms with van der Waals surface area (Å²) in [7, 11) is 3.15. The van der Waals surface area contributed by atoms with Crippen LogP contribution >= 0.6 is 11.8 Å². The van der Waals surface area contributed by atoms with Crippen LogP contribution in [0.5, 0.6) is 11.8 Å². The summed E-state index contributed by atoms with van der Waals surface area (Å²) in [6.07, 6.45) is 1.68. The third kappa shape index (κ3) is 3.85. The molecule has 0 atom stereocenters. The molecule has 1 amide bonds. The van der Waals surface area contributed by atoms with Crippen molar-refractivity contribution in [2.75, 3.05) is 56.8 Å². The molecule has 0 aliphatic carbocycles. The van der Waals surface area contributed by atoms with Crippen LogP contribution in [0.1, 0.15) is 12.8 Å². The molecule has 3 rings (SSSR count). The van der Waals surface area contributed by atoms with Crippen molar-refractivity contribution in [1.29, 1.82) is 0 Å². The van der Waals surface area contributed by atoms with Crippen LogP contribution < -0.4 is 14.4 Å². The number of carbonyl (C=O) groups is 1. The van der Waals surface area contributed by atoms with Gasteiger partial charge in [-0.3, -0.25) is 4.79 Å². The van der Waals surface area contributed by atoms with Crippen molar-refractivity contribution in [3.63, 3.8) is 0 Å². The zero-order valence-electron chi connectivity index (χ0n) is 14.2. The van der Waals surface area contributed by atoms with Crippen molar-refractivity contribution in [1.82, 2.24) is 14.9 Å². The number of nitrogens with zero attached hydrogens (tertiary/aromatic N) is 4. The Morgan fingerprint density at radius 2 is 1.67 bits per heavy atom. The van der Waals surface area contributed by atoms with E-state index in [1.54, 1.807) is 20.3 Å². The van der Waals surface area contributed by atoms with Crippen LogP contribution in [0.25, 0.3) is 0 Å². The maximum absolute atomic E-state index is 12.6. The minimum atomic E-state index is 0.122. The molecule has 0 aromatic carbocycles. The maximum Gasteiger partial charge on any atom is 0.231 e. The summed E-state index contributed by atoms with van der Waals surface area (Å²) in [4.78, 5) is 25.5. The van der Waals surface area contributed by atoms with E-state index in [0.29, 0.717) is 23.6 Å². The lowest BCUT2D eigenvalue weighted by molar-refractivity contribution is -0.135. The normalized spacial score (nSPS) is 19.2. The van der Waals surface area contributed by atoms with Crippen molar-refractivity contribution >= 4 is 23.6 Å². The van der Waals surface area contributed by atoms with Crippen molar-refractivity contribution in [2.24, 2.45) is 5.92 Å². The molecule has 132 valence electrons. The number of hydrogen-bond donors (Lipinski definition) is 0. The van der Waals surface area contributed by atoms with Crippen LogP contribution in [0.4, 0.5) is 5.95 Å². The van der Waals surface area contributed by atoms with Gasteiger partial charge in [0, 0.05) is 43.6 Å². The van der Waals surface area contributed by atoms with E-state index in [9.17, 15) is 4.79 Å². The number of methoxy groups -OCH3 is 2. The Morgan fingerprint density at radius 3 is 2.21 bits per heavy atom. The summed E-state index contributed by atoms with van der Waals surface area (Å²) in [5, 5.41) is 0. The van der Waals surface area contributed by atoms with E-state index in [-0.39, 0.29) is 5.92 Å². The van der Waals surface area contributed by atoms with Gasteiger partial charge in [-0.2, -0.15) is 21.7 Å². The average molecular weight is 352 g/mol. The Labute approximate surface area is 146 Å². The molecule has 0 bridgehead atoms. The van der Waals surface area contributed by atoms with Gasteiger partial charge in [-0.15, -0.1) is 0 Å². The fourth-order valence-electron chi connectivity index (χ4n) is 3.11. The van der Waals surface area contributed by atoms with Gasteiger partial charge in [0.15, 0.2) is 0 Å². The second-order valence-electron chi connectivity index (χ2n) is 5.95. The van der Waals surface area contributed by atoms with Gasteiger partial charge >= 0.3 is 0 Å². The molecule has 1 aromatic heterocycles. The zero-order chi connectivity index (χ0) is 16.9. The molecule has 2 fully saturated rings. The van der Waals surface area contributed by atoms with Gasteiger partial charge in [0.1, 0.15) is 0 Å². The fourth-order valence-corrected chi connectivity index (χ4v) is 4.01.